The molecule has 0 fully saturated rings. The molecule has 0 aliphatic rings. The summed E-state index contributed by atoms with van der Waals surface area (Å²) in [4.78, 5) is 10.6. The fourth-order valence-corrected chi connectivity index (χ4v) is 1.98. The number of benzene rings is 1. The average molecular weight is 284 g/mol. The van der Waals surface area contributed by atoms with Crippen molar-refractivity contribution in [3.63, 3.8) is 0 Å². The highest BCUT2D eigenvalue weighted by Gasteiger charge is 2.10. The van der Waals surface area contributed by atoms with E-state index < -0.39 is 11.2 Å². The lowest BCUT2D eigenvalue weighted by Crippen LogP contribution is -2.13. The second-order valence-corrected chi connectivity index (χ2v) is 5.47. The number of ether oxygens (including phenoxy) is 2. The molecule has 1 aromatic carbocycles. The lowest BCUT2D eigenvalue weighted by atomic mass is 10.3. The molecule has 0 saturated carbocycles. The first kappa shape index (κ1) is 15.7. The summed E-state index contributed by atoms with van der Waals surface area (Å²) in [6.07, 6.45) is 0.983. The molecule has 19 heavy (non-hydrogen) atoms. The zero-order chi connectivity index (χ0) is 14.1. The molecule has 0 aliphatic carbocycles. The molecule has 1 rings (SSSR count). The smallest absolute Gasteiger partial charge is 0.316 e. The second-order valence-electron chi connectivity index (χ2n) is 4.02. The Kier molecular flexibility index (Phi) is 7.18. The van der Waals surface area contributed by atoms with Crippen LogP contribution in [0.15, 0.2) is 24.3 Å². The maximum absolute atomic E-state index is 10.6. The van der Waals surface area contributed by atoms with Crippen molar-refractivity contribution in [3.8, 4) is 11.5 Å². The maximum Gasteiger partial charge on any atom is 0.316 e. The van der Waals surface area contributed by atoms with Crippen LogP contribution in [0.3, 0.4) is 0 Å². The monoisotopic (exact) mass is 284 g/mol. The zero-order valence-electron chi connectivity index (χ0n) is 11.3. The van der Waals surface area contributed by atoms with Crippen LogP contribution < -0.4 is 9.47 Å². The maximum atomic E-state index is 10.6. The van der Waals surface area contributed by atoms with Gasteiger partial charge < -0.3 is 14.6 Å². The van der Waals surface area contributed by atoms with Crippen molar-refractivity contribution < 1.29 is 19.4 Å². The van der Waals surface area contributed by atoms with Crippen molar-refractivity contribution in [2.24, 2.45) is 0 Å². The Morgan fingerprint density at radius 3 is 2.21 bits per heavy atom. The molecule has 1 unspecified atom stereocenters. The standard InChI is InChI=1S/C14H20O4S/c1-3-8-17-12-4-6-13(7-5-12)18-9-10-19-11(2)14(15)16/h4-7,11H,3,8-10H2,1-2H3,(H,15,16). The molecule has 1 aromatic rings. The molecule has 4 nitrogen and oxygen atoms in total. The lowest BCUT2D eigenvalue weighted by Gasteiger charge is -2.09. The number of rotatable bonds is 9. The highest BCUT2D eigenvalue weighted by atomic mass is 32.2. The molecular weight excluding hydrogens is 264 g/mol. The van der Waals surface area contributed by atoms with Crippen molar-refractivity contribution in [1.29, 1.82) is 0 Å². The minimum Gasteiger partial charge on any atom is -0.494 e. The van der Waals surface area contributed by atoms with Gasteiger partial charge in [0.25, 0.3) is 0 Å². The van der Waals surface area contributed by atoms with Crippen LogP contribution in [0.1, 0.15) is 20.3 Å². The lowest BCUT2D eigenvalue weighted by molar-refractivity contribution is -0.136. The van der Waals surface area contributed by atoms with Gasteiger partial charge >= 0.3 is 5.97 Å². The van der Waals surface area contributed by atoms with Crippen LogP contribution in [0, 0.1) is 0 Å². The average Bonchev–Trinajstić information content (AvgIpc) is 2.42. The fourth-order valence-electron chi connectivity index (χ4n) is 1.31. The number of aliphatic carboxylic acids is 1. The second kappa shape index (κ2) is 8.69. The quantitative estimate of drug-likeness (QED) is 0.706. The topological polar surface area (TPSA) is 55.8 Å². The molecule has 5 heteroatoms. The van der Waals surface area contributed by atoms with E-state index in [1.165, 1.54) is 11.8 Å². The van der Waals surface area contributed by atoms with Gasteiger partial charge in [-0.3, -0.25) is 4.79 Å². The first-order valence-electron chi connectivity index (χ1n) is 6.33. The largest absolute Gasteiger partial charge is 0.494 e. The first-order valence-corrected chi connectivity index (χ1v) is 7.38. The van der Waals surface area contributed by atoms with E-state index in [2.05, 4.69) is 6.92 Å². The van der Waals surface area contributed by atoms with Crippen molar-refractivity contribution in [1.82, 2.24) is 0 Å². The molecular formula is C14H20O4S. The summed E-state index contributed by atoms with van der Waals surface area (Å²) in [7, 11) is 0. The Morgan fingerprint density at radius 1 is 1.21 bits per heavy atom. The molecule has 0 radical (unpaired) electrons. The third kappa shape index (κ3) is 6.38. The van der Waals surface area contributed by atoms with Gasteiger partial charge in [0, 0.05) is 5.75 Å². The third-order valence-corrected chi connectivity index (χ3v) is 3.47. The van der Waals surface area contributed by atoms with Crippen LogP contribution in [-0.2, 0) is 4.79 Å². The number of thioether (sulfide) groups is 1. The van der Waals surface area contributed by atoms with Crippen LogP contribution in [-0.4, -0.2) is 35.3 Å². The Hall–Kier alpha value is -1.36. The van der Waals surface area contributed by atoms with Crippen LogP contribution in [0.4, 0.5) is 0 Å². The van der Waals surface area contributed by atoms with E-state index in [0.29, 0.717) is 19.0 Å². The number of carboxylic acids is 1. The van der Waals surface area contributed by atoms with E-state index >= 15 is 0 Å². The van der Waals surface area contributed by atoms with Gasteiger partial charge in [0.15, 0.2) is 0 Å². The van der Waals surface area contributed by atoms with E-state index in [9.17, 15) is 4.79 Å². The van der Waals surface area contributed by atoms with Crippen molar-refractivity contribution in [2.45, 2.75) is 25.5 Å². The minimum atomic E-state index is -0.789. The fraction of sp³-hybridized carbons (Fsp3) is 0.500. The summed E-state index contributed by atoms with van der Waals surface area (Å²) in [6, 6.07) is 7.46. The van der Waals surface area contributed by atoms with Crippen LogP contribution in [0.2, 0.25) is 0 Å². The highest BCUT2D eigenvalue weighted by Crippen LogP contribution is 2.18. The molecule has 0 spiro atoms. The van der Waals surface area contributed by atoms with Crippen LogP contribution in [0.5, 0.6) is 11.5 Å². The SMILES string of the molecule is CCCOc1ccc(OCCSC(C)C(=O)O)cc1. The normalized spacial score (nSPS) is 11.9. The first-order chi connectivity index (χ1) is 9.13. The number of hydrogen-bond donors (Lipinski definition) is 1. The van der Waals surface area contributed by atoms with E-state index in [1.54, 1.807) is 6.92 Å². The molecule has 0 aliphatic heterocycles. The number of carboxylic acid groups (broad SMARTS) is 1. The van der Waals surface area contributed by atoms with Gasteiger partial charge in [-0.1, -0.05) is 6.92 Å². The third-order valence-electron chi connectivity index (χ3n) is 2.36. The van der Waals surface area contributed by atoms with Crippen molar-refractivity contribution in [3.05, 3.63) is 24.3 Å². The minimum absolute atomic E-state index is 0.395. The van der Waals surface area contributed by atoms with Crippen LogP contribution >= 0.6 is 11.8 Å². The predicted octanol–water partition coefficient (Wildman–Crippen LogP) is 3.06. The van der Waals surface area contributed by atoms with Gasteiger partial charge in [0.1, 0.15) is 11.5 Å². The van der Waals surface area contributed by atoms with Gasteiger partial charge in [-0.15, -0.1) is 11.8 Å². The Labute approximate surface area is 118 Å². The van der Waals surface area contributed by atoms with Gasteiger partial charge in [-0.2, -0.15) is 0 Å². The van der Waals surface area contributed by atoms with E-state index in [1.807, 2.05) is 24.3 Å². The summed E-state index contributed by atoms with van der Waals surface area (Å²) in [5.74, 6) is 1.47. The van der Waals surface area contributed by atoms with Gasteiger partial charge in [0.2, 0.25) is 0 Å². The van der Waals surface area contributed by atoms with E-state index in [-0.39, 0.29) is 0 Å². The van der Waals surface area contributed by atoms with Crippen molar-refractivity contribution >= 4 is 17.7 Å². The Balaban J connectivity index is 2.24. The summed E-state index contributed by atoms with van der Waals surface area (Å²) < 4.78 is 11.0. The van der Waals surface area contributed by atoms with Crippen molar-refractivity contribution in [2.75, 3.05) is 19.0 Å². The van der Waals surface area contributed by atoms with Gasteiger partial charge in [0.05, 0.1) is 18.5 Å². The molecule has 0 heterocycles. The molecule has 0 saturated heterocycles. The van der Waals surface area contributed by atoms with Gasteiger partial charge in [-0.05, 0) is 37.6 Å². The molecule has 0 amide bonds. The summed E-state index contributed by atoms with van der Waals surface area (Å²) in [5, 5.41) is 8.33. The molecule has 1 N–H and O–H groups in total. The number of hydrogen-bond acceptors (Lipinski definition) is 4. The molecule has 0 bridgehead atoms. The zero-order valence-corrected chi connectivity index (χ0v) is 12.1. The van der Waals surface area contributed by atoms with Crippen LogP contribution in [0.25, 0.3) is 0 Å². The highest BCUT2D eigenvalue weighted by molar-refractivity contribution is 8.00. The molecule has 0 aromatic heterocycles. The predicted molar refractivity (Wildman–Crippen MR) is 77.3 cm³/mol. The molecule has 1 atom stereocenters. The Bertz CT molecular complexity index is 378. The van der Waals surface area contributed by atoms with E-state index in [0.717, 1.165) is 17.9 Å². The van der Waals surface area contributed by atoms with E-state index in [4.69, 9.17) is 14.6 Å². The summed E-state index contributed by atoms with van der Waals surface area (Å²) in [6.45, 7) is 4.95. The summed E-state index contributed by atoms with van der Waals surface area (Å²) in [5.41, 5.74) is 0. The number of carbonyl (C=O) groups is 1. The van der Waals surface area contributed by atoms with Gasteiger partial charge in [-0.25, -0.2) is 0 Å². The molecule has 106 valence electrons. The Morgan fingerprint density at radius 2 is 1.74 bits per heavy atom. The summed E-state index contributed by atoms with van der Waals surface area (Å²) >= 11 is 1.37.